The lowest BCUT2D eigenvalue weighted by Crippen LogP contribution is -2.43. The molecule has 1 saturated heterocycles. The van der Waals surface area contributed by atoms with Gasteiger partial charge < -0.3 is 5.32 Å². The minimum absolute atomic E-state index is 0.0481. The van der Waals surface area contributed by atoms with E-state index in [-0.39, 0.29) is 34.5 Å². The van der Waals surface area contributed by atoms with Gasteiger partial charge in [0.15, 0.2) is 11.6 Å². The summed E-state index contributed by atoms with van der Waals surface area (Å²) in [5, 5.41) is 3.24. The molecule has 3 aromatic carbocycles. The van der Waals surface area contributed by atoms with Crippen molar-refractivity contribution >= 4 is 44.8 Å². The Balaban J connectivity index is 1.33. The van der Waals surface area contributed by atoms with Crippen LogP contribution in [0.15, 0.2) is 71.6 Å². The molecular formula is C26H21ClN2O5S. The summed E-state index contributed by atoms with van der Waals surface area (Å²) in [6, 6.07) is 17.2. The highest BCUT2D eigenvalue weighted by Crippen LogP contribution is 2.30. The number of hydrogen-bond acceptors (Lipinski definition) is 5. The number of ketones is 2. The van der Waals surface area contributed by atoms with Crippen LogP contribution in [0.5, 0.6) is 0 Å². The van der Waals surface area contributed by atoms with Gasteiger partial charge in [-0.25, -0.2) is 8.42 Å². The largest absolute Gasteiger partial charge is 0.326 e. The van der Waals surface area contributed by atoms with E-state index < -0.39 is 15.9 Å². The Labute approximate surface area is 207 Å². The molecule has 0 spiro atoms. The molecule has 1 N–H and O–H groups in total. The highest BCUT2D eigenvalue weighted by Gasteiger charge is 2.34. The summed E-state index contributed by atoms with van der Waals surface area (Å²) in [5.41, 5.74) is 1.62. The van der Waals surface area contributed by atoms with Gasteiger partial charge in [0, 0.05) is 46.1 Å². The quantitative estimate of drug-likeness (QED) is 0.446. The molecule has 1 aliphatic heterocycles. The number of sulfonamides is 1. The van der Waals surface area contributed by atoms with Crippen molar-refractivity contribution in [1.29, 1.82) is 0 Å². The summed E-state index contributed by atoms with van der Waals surface area (Å²) in [6.07, 6.45) is 1.08. The van der Waals surface area contributed by atoms with Gasteiger partial charge in [0.05, 0.1) is 10.8 Å². The van der Waals surface area contributed by atoms with Crippen molar-refractivity contribution in [3.05, 3.63) is 94.0 Å². The third kappa shape index (κ3) is 4.29. The van der Waals surface area contributed by atoms with Crippen LogP contribution in [0.25, 0.3) is 0 Å². The Morgan fingerprint density at radius 2 is 1.51 bits per heavy atom. The van der Waals surface area contributed by atoms with Gasteiger partial charge >= 0.3 is 0 Å². The number of halogens is 1. The van der Waals surface area contributed by atoms with Crippen molar-refractivity contribution in [2.75, 3.05) is 18.4 Å². The molecule has 1 atom stereocenters. The van der Waals surface area contributed by atoms with Crippen LogP contribution in [0.4, 0.5) is 5.69 Å². The van der Waals surface area contributed by atoms with Crippen LogP contribution < -0.4 is 5.32 Å². The Bertz CT molecular complexity index is 1470. The Hall–Kier alpha value is -3.33. The number of rotatable bonds is 4. The molecule has 0 saturated carbocycles. The molecule has 0 bridgehead atoms. The van der Waals surface area contributed by atoms with Gasteiger partial charge in [-0.2, -0.15) is 4.31 Å². The van der Waals surface area contributed by atoms with Crippen LogP contribution in [0.1, 0.15) is 44.7 Å². The van der Waals surface area contributed by atoms with Gasteiger partial charge in [0.2, 0.25) is 15.9 Å². The summed E-state index contributed by atoms with van der Waals surface area (Å²) in [6.45, 7) is 0.371. The van der Waals surface area contributed by atoms with E-state index >= 15 is 0 Å². The lowest BCUT2D eigenvalue weighted by molar-refractivity contribution is -0.120. The van der Waals surface area contributed by atoms with Gasteiger partial charge in [-0.05, 0) is 55.3 Å². The number of nitrogens with one attached hydrogen (secondary N) is 1. The van der Waals surface area contributed by atoms with Crippen molar-refractivity contribution < 1.29 is 22.8 Å². The number of anilines is 1. The number of fused-ring (bicyclic) bond motifs is 2. The molecule has 7 nitrogen and oxygen atoms in total. The number of hydrogen-bond donors (Lipinski definition) is 1. The molecular weight excluding hydrogens is 488 g/mol. The third-order valence-electron chi connectivity index (χ3n) is 6.40. The molecule has 1 amide bonds. The second-order valence-electron chi connectivity index (χ2n) is 8.61. The second-order valence-corrected chi connectivity index (χ2v) is 11.0. The van der Waals surface area contributed by atoms with E-state index in [2.05, 4.69) is 5.32 Å². The van der Waals surface area contributed by atoms with Gasteiger partial charge in [0.1, 0.15) is 0 Å². The minimum Gasteiger partial charge on any atom is -0.326 e. The minimum atomic E-state index is -3.76. The highest BCUT2D eigenvalue weighted by atomic mass is 35.5. The lowest BCUT2D eigenvalue weighted by atomic mass is 9.84. The standard InChI is InChI=1S/C26H21ClN2O5S/c27-17-7-10-19(11-8-17)35(33,34)29-13-3-4-16(15-29)26(32)28-18-9-12-22-23(14-18)25(31)21-6-2-1-5-20(21)24(22)30/h1-2,5-12,14,16H,3-4,13,15H2,(H,28,32). The predicted molar refractivity (Wildman–Crippen MR) is 131 cm³/mol. The van der Waals surface area contributed by atoms with Crippen molar-refractivity contribution in [2.45, 2.75) is 17.7 Å². The Morgan fingerprint density at radius 1 is 0.886 bits per heavy atom. The average molecular weight is 509 g/mol. The van der Waals surface area contributed by atoms with Crippen LogP contribution >= 0.6 is 11.6 Å². The number of piperidine rings is 1. The maximum atomic E-state index is 13.0. The summed E-state index contributed by atoms with van der Waals surface area (Å²) in [5.74, 6) is -1.40. The maximum absolute atomic E-state index is 13.0. The summed E-state index contributed by atoms with van der Waals surface area (Å²) in [7, 11) is -3.76. The number of nitrogens with zero attached hydrogens (tertiary/aromatic N) is 1. The van der Waals surface area contributed by atoms with Crippen molar-refractivity contribution in [2.24, 2.45) is 5.92 Å². The Morgan fingerprint density at radius 3 is 2.20 bits per heavy atom. The zero-order chi connectivity index (χ0) is 24.7. The van der Waals surface area contributed by atoms with E-state index in [1.165, 1.54) is 34.6 Å². The SMILES string of the molecule is O=C1c2ccccc2C(=O)c2cc(NC(=O)C3CCCN(S(=O)(=O)c4ccc(Cl)cc4)C3)ccc21. The predicted octanol–water partition coefficient (Wildman–Crippen LogP) is 4.15. The fourth-order valence-corrected chi connectivity index (χ4v) is 6.20. The molecule has 9 heteroatoms. The van der Waals surface area contributed by atoms with Crippen LogP contribution in [0.2, 0.25) is 5.02 Å². The van der Waals surface area contributed by atoms with E-state index in [0.29, 0.717) is 46.8 Å². The number of carbonyl (C=O) groups is 3. The number of carbonyl (C=O) groups excluding carboxylic acids is 3. The van der Waals surface area contributed by atoms with Crippen molar-refractivity contribution in [1.82, 2.24) is 4.31 Å². The molecule has 178 valence electrons. The molecule has 0 radical (unpaired) electrons. The molecule has 1 heterocycles. The summed E-state index contributed by atoms with van der Waals surface area (Å²) >= 11 is 5.87. The monoisotopic (exact) mass is 508 g/mol. The van der Waals surface area contributed by atoms with E-state index in [1.807, 2.05) is 0 Å². The normalized spacial score (nSPS) is 18.0. The maximum Gasteiger partial charge on any atom is 0.243 e. The first-order chi connectivity index (χ1) is 16.8. The first-order valence-electron chi connectivity index (χ1n) is 11.1. The van der Waals surface area contributed by atoms with E-state index in [1.54, 1.807) is 36.4 Å². The topological polar surface area (TPSA) is 101 Å². The smallest absolute Gasteiger partial charge is 0.243 e. The molecule has 1 fully saturated rings. The van der Waals surface area contributed by atoms with Crippen LogP contribution in [0.3, 0.4) is 0 Å². The van der Waals surface area contributed by atoms with Gasteiger partial charge in [-0.3, -0.25) is 14.4 Å². The number of benzene rings is 3. The fourth-order valence-electron chi connectivity index (χ4n) is 4.55. The molecule has 2 aliphatic rings. The Kier molecular flexibility index (Phi) is 6.04. The first-order valence-corrected chi connectivity index (χ1v) is 13.0. The van der Waals surface area contributed by atoms with Crippen molar-refractivity contribution in [3.63, 3.8) is 0 Å². The third-order valence-corrected chi connectivity index (χ3v) is 8.53. The highest BCUT2D eigenvalue weighted by molar-refractivity contribution is 7.89. The van der Waals surface area contributed by atoms with Gasteiger partial charge in [0.25, 0.3) is 0 Å². The molecule has 1 aliphatic carbocycles. The van der Waals surface area contributed by atoms with Crippen LogP contribution in [0, 0.1) is 5.92 Å². The van der Waals surface area contributed by atoms with Crippen LogP contribution in [-0.4, -0.2) is 43.3 Å². The second kappa shape index (κ2) is 9.03. The molecule has 5 rings (SSSR count). The molecule has 1 unspecified atom stereocenters. The summed E-state index contributed by atoms with van der Waals surface area (Å²) in [4.78, 5) is 38.9. The fraction of sp³-hybridized carbons (Fsp3) is 0.192. The lowest BCUT2D eigenvalue weighted by Gasteiger charge is -2.31. The average Bonchev–Trinajstić information content (AvgIpc) is 2.87. The zero-order valence-electron chi connectivity index (χ0n) is 18.5. The van der Waals surface area contributed by atoms with Gasteiger partial charge in [-0.1, -0.05) is 35.9 Å². The first kappa shape index (κ1) is 23.4. The van der Waals surface area contributed by atoms with Crippen molar-refractivity contribution in [3.8, 4) is 0 Å². The van der Waals surface area contributed by atoms with Crippen LogP contribution in [-0.2, 0) is 14.8 Å². The van der Waals surface area contributed by atoms with E-state index in [4.69, 9.17) is 11.6 Å². The molecule has 0 aromatic heterocycles. The zero-order valence-corrected chi connectivity index (χ0v) is 20.1. The molecule has 3 aromatic rings. The number of amides is 1. The molecule has 35 heavy (non-hydrogen) atoms. The summed E-state index contributed by atoms with van der Waals surface area (Å²) < 4.78 is 27.4. The van der Waals surface area contributed by atoms with E-state index in [0.717, 1.165) is 0 Å². The van der Waals surface area contributed by atoms with Gasteiger partial charge in [-0.15, -0.1) is 0 Å². The van der Waals surface area contributed by atoms with E-state index in [9.17, 15) is 22.8 Å².